The third kappa shape index (κ3) is 3.08. The lowest BCUT2D eigenvalue weighted by atomic mass is 10.1. The molecular formula is C10H6Cl2O3. The number of hydrogen-bond donors (Lipinski definition) is 1. The second-order valence-corrected chi connectivity index (χ2v) is 3.50. The molecule has 0 spiro atoms. The maximum Gasteiger partial charge on any atom is 0.328 e. The highest BCUT2D eigenvalue weighted by atomic mass is 35.5. The summed E-state index contributed by atoms with van der Waals surface area (Å²) in [5, 5.41) is 8.93. The Hall–Kier alpha value is -1.32. The average Bonchev–Trinajstić information content (AvgIpc) is 2.18. The van der Waals surface area contributed by atoms with Crippen molar-refractivity contribution in [2.75, 3.05) is 0 Å². The first-order chi connectivity index (χ1) is 7.04. The summed E-state index contributed by atoms with van der Waals surface area (Å²) in [5.74, 6) is -1.08. The van der Waals surface area contributed by atoms with Crippen LogP contribution in [0.5, 0.6) is 0 Å². The summed E-state index contributed by atoms with van der Waals surface area (Å²) < 4.78 is 0. The van der Waals surface area contributed by atoms with Crippen LogP contribution < -0.4 is 0 Å². The molecule has 0 amide bonds. The fourth-order valence-corrected chi connectivity index (χ4v) is 1.41. The molecule has 0 radical (unpaired) electrons. The number of carbonyl (C=O) groups is 2. The van der Waals surface area contributed by atoms with Crippen LogP contribution in [0.2, 0.25) is 10.0 Å². The number of aliphatic carboxylic acids is 1. The number of halogens is 2. The van der Waals surface area contributed by atoms with Crippen LogP contribution in [-0.2, 0) is 4.79 Å². The van der Waals surface area contributed by atoms with E-state index in [2.05, 4.69) is 0 Å². The van der Waals surface area contributed by atoms with Gasteiger partial charge in [0.2, 0.25) is 0 Å². The van der Waals surface area contributed by atoms with E-state index < -0.39 is 5.97 Å². The molecule has 15 heavy (non-hydrogen) atoms. The van der Waals surface area contributed by atoms with Gasteiger partial charge in [0.1, 0.15) is 0 Å². The van der Waals surface area contributed by atoms with Crippen LogP contribution in [0, 0.1) is 0 Å². The van der Waals surface area contributed by atoms with Crippen LogP contribution in [0.3, 0.4) is 0 Å². The Morgan fingerprint density at radius 3 is 2.27 bits per heavy atom. The van der Waals surface area contributed by atoms with Gasteiger partial charge in [0.25, 0.3) is 0 Å². The molecule has 1 aromatic carbocycles. The number of carboxylic acids is 1. The van der Waals surface area contributed by atoms with Gasteiger partial charge < -0.3 is 5.11 Å². The molecule has 1 rings (SSSR count). The zero-order chi connectivity index (χ0) is 11.4. The molecule has 0 saturated carbocycles. The normalized spacial score (nSPS) is 10.5. The molecule has 0 aliphatic heterocycles. The van der Waals surface area contributed by atoms with Crippen molar-refractivity contribution in [1.82, 2.24) is 0 Å². The molecule has 1 N–H and O–H groups in total. The second kappa shape index (κ2) is 4.96. The van der Waals surface area contributed by atoms with E-state index in [4.69, 9.17) is 28.3 Å². The van der Waals surface area contributed by atoms with Crippen LogP contribution in [0.15, 0.2) is 18.2 Å². The molecule has 0 heterocycles. The van der Waals surface area contributed by atoms with Crippen LogP contribution in [0.25, 0.3) is 6.08 Å². The van der Waals surface area contributed by atoms with Gasteiger partial charge in [0.05, 0.1) is 5.02 Å². The Labute approximate surface area is 95.9 Å². The van der Waals surface area contributed by atoms with Gasteiger partial charge in [-0.1, -0.05) is 23.2 Å². The smallest absolute Gasteiger partial charge is 0.328 e. The topological polar surface area (TPSA) is 54.4 Å². The minimum absolute atomic E-state index is 0.236. The summed E-state index contributed by atoms with van der Waals surface area (Å²) in [5.41, 5.74) is 0.726. The first-order valence-electron chi connectivity index (χ1n) is 3.90. The van der Waals surface area contributed by atoms with Gasteiger partial charge in [-0.25, -0.2) is 4.79 Å². The van der Waals surface area contributed by atoms with Gasteiger partial charge in [-0.05, 0) is 23.8 Å². The predicted molar refractivity (Wildman–Crippen MR) is 58.5 cm³/mol. The van der Waals surface area contributed by atoms with Crippen molar-refractivity contribution in [3.63, 3.8) is 0 Å². The highest BCUT2D eigenvalue weighted by molar-refractivity contribution is 6.36. The lowest BCUT2D eigenvalue weighted by Crippen LogP contribution is -1.88. The van der Waals surface area contributed by atoms with E-state index in [9.17, 15) is 9.59 Å². The quantitative estimate of drug-likeness (QED) is 0.657. The van der Waals surface area contributed by atoms with Crippen LogP contribution in [0.4, 0.5) is 0 Å². The van der Waals surface area contributed by atoms with Crippen LogP contribution >= 0.6 is 23.2 Å². The van der Waals surface area contributed by atoms with E-state index in [1.807, 2.05) is 0 Å². The number of rotatable bonds is 3. The van der Waals surface area contributed by atoms with Crippen molar-refractivity contribution in [2.24, 2.45) is 0 Å². The van der Waals surface area contributed by atoms with E-state index in [0.29, 0.717) is 11.8 Å². The van der Waals surface area contributed by atoms with Crippen molar-refractivity contribution < 1.29 is 14.7 Å². The first kappa shape index (κ1) is 11.8. The lowest BCUT2D eigenvalue weighted by Gasteiger charge is -2.01. The number of aldehydes is 1. The molecule has 0 atom stereocenters. The summed E-state index contributed by atoms with van der Waals surface area (Å²) in [6.07, 6.45) is 2.84. The van der Waals surface area contributed by atoms with Gasteiger partial charge in [0, 0.05) is 16.7 Å². The largest absolute Gasteiger partial charge is 0.478 e. The summed E-state index contributed by atoms with van der Waals surface area (Å²) in [4.78, 5) is 20.8. The Kier molecular flexibility index (Phi) is 3.88. The van der Waals surface area contributed by atoms with Crippen molar-refractivity contribution in [1.29, 1.82) is 0 Å². The molecule has 0 bridgehead atoms. The number of carboxylic acid groups (broad SMARTS) is 1. The van der Waals surface area contributed by atoms with Gasteiger partial charge in [0.15, 0.2) is 6.29 Å². The number of carbonyl (C=O) groups excluding carboxylic acids is 1. The zero-order valence-corrected chi connectivity index (χ0v) is 8.92. The van der Waals surface area contributed by atoms with Crippen molar-refractivity contribution in [2.45, 2.75) is 0 Å². The van der Waals surface area contributed by atoms with Crippen molar-refractivity contribution in [3.8, 4) is 0 Å². The van der Waals surface area contributed by atoms with Gasteiger partial charge >= 0.3 is 5.97 Å². The Morgan fingerprint density at radius 2 is 1.73 bits per heavy atom. The van der Waals surface area contributed by atoms with E-state index in [1.165, 1.54) is 18.2 Å². The van der Waals surface area contributed by atoms with Crippen molar-refractivity contribution in [3.05, 3.63) is 39.4 Å². The SMILES string of the molecule is O=Cc1cc(Cl)c(/C=C/C(=O)O)cc1Cl. The summed E-state index contributed by atoms with van der Waals surface area (Å²) >= 11 is 11.5. The van der Waals surface area contributed by atoms with E-state index in [-0.39, 0.29) is 15.6 Å². The lowest BCUT2D eigenvalue weighted by molar-refractivity contribution is -0.131. The van der Waals surface area contributed by atoms with E-state index >= 15 is 0 Å². The molecule has 0 saturated heterocycles. The summed E-state index contributed by atoms with van der Waals surface area (Å²) in [7, 11) is 0. The Morgan fingerprint density at radius 1 is 1.20 bits per heavy atom. The molecular weight excluding hydrogens is 239 g/mol. The summed E-state index contributed by atoms with van der Waals surface area (Å²) in [6, 6.07) is 2.82. The maximum absolute atomic E-state index is 10.5. The molecule has 0 aliphatic carbocycles. The number of hydrogen-bond acceptors (Lipinski definition) is 2. The van der Waals surface area contributed by atoms with Crippen LogP contribution in [0.1, 0.15) is 15.9 Å². The predicted octanol–water partition coefficient (Wildman–Crippen LogP) is 2.90. The van der Waals surface area contributed by atoms with Crippen molar-refractivity contribution >= 4 is 41.5 Å². The minimum atomic E-state index is -1.08. The Balaban J connectivity index is 3.16. The molecule has 0 fully saturated rings. The third-order valence-electron chi connectivity index (χ3n) is 1.65. The molecule has 5 heteroatoms. The van der Waals surface area contributed by atoms with E-state index in [0.717, 1.165) is 6.08 Å². The second-order valence-electron chi connectivity index (χ2n) is 2.68. The van der Waals surface area contributed by atoms with Gasteiger partial charge in [-0.15, -0.1) is 0 Å². The Bertz CT molecular complexity index is 439. The fraction of sp³-hybridized carbons (Fsp3) is 0. The summed E-state index contributed by atoms with van der Waals surface area (Å²) in [6.45, 7) is 0. The number of benzene rings is 1. The van der Waals surface area contributed by atoms with Gasteiger partial charge in [-0.2, -0.15) is 0 Å². The standard InChI is InChI=1S/C10H6Cl2O3/c11-8-4-7(5-13)9(12)3-6(8)1-2-10(14)15/h1-5H,(H,14,15)/b2-1+. The van der Waals surface area contributed by atoms with Gasteiger partial charge in [-0.3, -0.25) is 4.79 Å². The highest BCUT2D eigenvalue weighted by Crippen LogP contribution is 2.25. The molecule has 0 unspecified atom stereocenters. The fourth-order valence-electron chi connectivity index (χ4n) is 0.957. The average molecular weight is 245 g/mol. The maximum atomic E-state index is 10.5. The zero-order valence-electron chi connectivity index (χ0n) is 7.41. The minimum Gasteiger partial charge on any atom is -0.478 e. The highest BCUT2D eigenvalue weighted by Gasteiger charge is 2.04. The van der Waals surface area contributed by atoms with Crippen LogP contribution in [-0.4, -0.2) is 17.4 Å². The third-order valence-corrected chi connectivity index (χ3v) is 2.30. The first-order valence-corrected chi connectivity index (χ1v) is 4.65. The molecule has 0 aromatic heterocycles. The monoisotopic (exact) mass is 244 g/mol. The molecule has 3 nitrogen and oxygen atoms in total. The molecule has 78 valence electrons. The van der Waals surface area contributed by atoms with E-state index in [1.54, 1.807) is 0 Å². The molecule has 0 aliphatic rings. The molecule has 1 aromatic rings.